The Morgan fingerprint density at radius 2 is 2.12 bits per heavy atom. The average molecular weight is 339 g/mol. The van der Waals surface area contributed by atoms with E-state index in [2.05, 4.69) is 5.32 Å². The normalized spacial score (nSPS) is 19.0. The lowest BCUT2D eigenvalue weighted by atomic mass is 9.88. The molecule has 3 N–H and O–H groups in total. The van der Waals surface area contributed by atoms with E-state index in [1.54, 1.807) is 11.0 Å². The van der Waals surface area contributed by atoms with E-state index in [-0.39, 0.29) is 18.2 Å². The molecule has 4 rings (SSSR count). The van der Waals surface area contributed by atoms with Gasteiger partial charge in [-0.1, -0.05) is 12.1 Å². The summed E-state index contributed by atoms with van der Waals surface area (Å²) < 4.78 is 13.5. The van der Waals surface area contributed by atoms with Crippen LogP contribution in [-0.4, -0.2) is 18.4 Å². The minimum atomic E-state index is -0.614. The molecule has 2 heterocycles. The highest BCUT2D eigenvalue weighted by atomic mass is 19.1. The van der Waals surface area contributed by atoms with Crippen LogP contribution >= 0.6 is 0 Å². The summed E-state index contributed by atoms with van der Waals surface area (Å²) >= 11 is 0. The lowest BCUT2D eigenvalue weighted by Crippen LogP contribution is -2.41. The first-order chi connectivity index (χ1) is 12.0. The predicted octanol–water partition coefficient (Wildman–Crippen LogP) is 2.81. The van der Waals surface area contributed by atoms with Gasteiger partial charge in [-0.3, -0.25) is 9.59 Å². The lowest BCUT2D eigenvalue weighted by Gasteiger charge is -2.34. The number of fused-ring (bicyclic) bond motifs is 2. The number of amides is 2. The third-order valence-electron chi connectivity index (χ3n) is 4.91. The average Bonchev–Trinajstić information content (AvgIpc) is 2.60. The van der Waals surface area contributed by atoms with E-state index in [1.165, 1.54) is 12.1 Å². The number of hydrogen-bond acceptors (Lipinski definition) is 3. The second kappa shape index (κ2) is 5.88. The van der Waals surface area contributed by atoms with E-state index in [9.17, 15) is 14.0 Å². The highest BCUT2D eigenvalue weighted by Crippen LogP contribution is 2.38. The molecule has 0 spiro atoms. The smallest absolute Gasteiger partial charge is 0.235 e. The predicted molar refractivity (Wildman–Crippen MR) is 93.9 cm³/mol. The van der Waals surface area contributed by atoms with Gasteiger partial charge in [0.05, 0.1) is 5.92 Å². The van der Waals surface area contributed by atoms with E-state index in [0.717, 1.165) is 24.1 Å². The van der Waals surface area contributed by atoms with Crippen LogP contribution in [0, 0.1) is 5.82 Å². The number of hydrogen-bond donors (Lipinski definition) is 2. The number of carbonyl (C=O) groups excluding carboxylic acids is 2. The van der Waals surface area contributed by atoms with Crippen molar-refractivity contribution in [2.45, 2.75) is 25.2 Å². The maximum Gasteiger partial charge on any atom is 0.235 e. The topological polar surface area (TPSA) is 75.4 Å². The van der Waals surface area contributed by atoms with E-state index in [1.807, 2.05) is 18.2 Å². The zero-order chi connectivity index (χ0) is 17.6. The van der Waals surface area contributed by atoms with Gasteiger partial charge in [0.15, 0.2) is 0 Å². The number of nitrogens with one attached hydrogen (secondary N) is 1. The van der Waals surface area contributed by atoms with Gasteiger partial charge in [-0.25, -0.2) is 4.39 Å². The SMILES string of the molecule is Nc1cccc2c1CCCN2C(=O)C1CC(=O)Nc2cc(F)ccc21. The standard InChI is InChI=1S/C19H18FN3O2/c20-11-6-7-12-14(10-18(24)22-16(12)9-11)19(25)23-8-2-3-13-15(21)4-1-5-17(13)23/h1,4-7,9,14H,2-3,8,10,21H2,(H,22,24). The summed E-state index contributed by atoms with van der Waals surface area (Å²) in [5.74, 6) is -1.48. The van der Waals surface area contributed by atoms with E-state index < -0.39 is 11.7 Å². The Morgan fingerprint density at radius 3 is 2.96 bits per heavy atom. The van der Waals surface area contributed by atoms with Crippen molar-refractivity contribution in [2.24, 2.45) is 0 Å². The molecule has 2 aromatic rings. The van der Waals surface area contributed by atoms with Gasteiger partial charge in [-0.2, -0.15) is 0 Å². The maximum absolute atomic E-state index is 13.5. The molecule has 0 saturated heterocycles. The number of halogens is 1. The van der Waals surface area contributed by atoms with Crippen LogP contribution in [0.1, 0.15) is 29.9 Å². The van der Waals surface area contributed by atoms with Crippen molar-refractivity contribution in [3.05, 3.63) is 53.3 Å². The first kappa shape index (κ1) is 15.6. The summed E-state index contributed by atoms with van der Waals surface area (Å²) in [4.78, 5) is 27.0. The third-order valence-corrected chi connectivity index (χ3v) is 4.91. The van der Waals surface area contributed by atoms with Crippen LogP contribution in [0.5, 0.6) is 0 Å². The first-order valence-corrected chi connectivity index (χ1v) is 8.32. The lowest BCUT2D eigenvalue weighted by molar-refractivity contribution is -0.124. The maximum atomic E-state index is 13.5. The fraction of sp³-hybridized carbons (Fsp3) is 0.263. The molecule has 25 heavy (non-hydrogen) atoms. The molecule has 6 heteroatoms. The van der Waals surface area contributed by atoms with Crippen molar-refractivity contribution in [2.75, 3.05) is 22.5 Å². The van der Waals surface area contributed by atoms with Crippen molar-refractivity contribution in [1.82, 2.24) is 0 Å². The van der Waals surface area contributed by atoms with Crippen molar-refractivity contribution >= 4 is 28.9 Å². The van der Waals surface area contributed by atoms with Gasteiger partial charge in [-0.15, -0.1) is 0 Å². The molecular formula is C19H18FN3O2. The molecule has 2 amide bonds. The number of benzene rings is 2. The van der Waals surface area contributed by atoms with Crippen LogP contribution in [0.15, 0.2) is 36.4 Å². The minimum absolute atomic E-state index is 0.0611. The zero-order valence-corrected chi connectivity index (χ0v) is 13.6. The monoisotopic (exact) mass is 339 g/mol. The zero-order valence-electron chi connectivity index (χ0n) is 13.6. The highest BCUT2D eigenvalue weighted by molar-refractivity contribution is 6.06. The highest BCUT2D eigenvalue weighted by Gasteiger charge is 2.35. The molecule has 2 aromatic carbocycles. The molecule has 0 radical (unpaired) electrons. The van der Waals surface area contributed by atoms with Crippen molar-refractivity contribution in [3.63, 3.8) is 0 Å². The molecule has 1 unspecified atom stereocenters. The van der Waals surface area contributed by atoms with Crippen molar-refractivity contribution < 1.29 is 14.0 Å². The van der Waals surface area contributed by atoms with Gasteiger partial charge in [0.2, 0.25) is 11.8 Å². The summed E-state index contributed by atoms with van der Waals surface area (Å²) in [6.07, 6.45) is 1.71. The fourth-order valence-corrected chi connectivity index (χ4v) is 3.73. The Labute approximate surface area is 144 Å². The number of carbonyl (C=O) groups is 2. The summed E-state index contributed by atoms with van der Waals surface area (Å²) in [5.41, 5.74) is 9.55. The molecule has 0 aliphatic carbocycles. The summed E-state index contributed by atoms with van der Waals surface area (Å²) in [5, 5.41) is 2.65. The second-order valence-electron chi connectivity index (χ2n) is 6.47. The van der Waals surface area contributed by atoms with Crippen LogP contribution in [0.3, 0.4) is 0 Å². The van der Waals surface area contributed by atoms with Crippen LogP contribution < -0.4 is 16.0 Å². The summed E-state index contributed by atoms with van der Waals surface area (Å²) in [6, 6.07) is 9.71. The molecule has 0 fully saturated rings. The molecule has 5 nitrogen and oxygen atoms in total. The van der Waals surface area contributed by atoms with Crippen molar-refractivity contribution in [1.29, 1.82) is 0 Å². The molecule has 2 aliphatic heterocycles. The van der Waals surface area contributed by atoms with Gasteiger partial charge in [-0.05, 0) is 48.2 Å². The van der Waals surface area contributed by atoms with E-state index >= 15 is 0 Å². The number of nitrogen functional groups attached to an aromatic ring is 1. The molecule has 0 saturated carbocycles. The molecule has 0 aromatic heterocycles. The summed E-state index contributed by atoms with van der Waals surface area (Å²) in [7, 11) is 0. The van der Waals surface area contributed by atoms with Crippen LogP contribution in [0.25, 0.3) is 0 Å². The second-order valence-corrected chi connectivity index (χ2v) is 6.47. The Balaban J connectivity index is 1.74. The molecule has 2 aliphatic rings. The van der Waals surface area contributed by atoms with Gasteiger partial charge >= 0.3 is 0 Å². The Kier molecular flexibility index (Phi) is 3.67. The van der Waals surface area contributed by atoms with Gasteiger partial charge in [0, 0.05) is 30.0 Å². The molecule has 128 valence electrons. The number of nitrogens with two attached hydrogens (primary N) is 1. The van der Waals surface area contributed by atoms with Gasteiger partial charge in [0.1, 0.15) is 5.82 Å². The number of anilines is 3. The first-order valence-electron chi connectivity index (χ1n) is 8.32. The number of nitrogens with zero attached hydrogens (tertiary/aromatic N) is 1. The van der Waals surface area contributed by atoms with Gasteiger partial charge < -0.3 is 16.0 Å². The Hall–Kier alpha value is -2.89. The molecule has 0 bridgehead atoms. The molecule has 1 atom stereocenters. The summed E-state index contributed by atoms with van der Waals surface area (Å²) in [6.45, 7) is 0.587. The van der Waals surface area contributed by atoms with E-state index in [0.29, 0.717) is 23.5 Å². The third kappa shape index (κ3) is 2.63. The van der Waals surface area contributed by atoms with Crippen molar-refractivity contribution in [3.8, 4) is 0 Å². The largest absolute Gasteiger partial charge is 0.398 e. The van der Waals surface area contributed by atoms with E-state index in [4.69, 9.17) is 5.73 Å². The van der Waals surface area contributed by atoms with Gasteiger partial charge in [0.25, 0.3) is 0 Å². The fourth-order valence-electron chi connectivity index (χ4n) is 3.73. The minimum Gasteiger partial charge on any atom is -0.398 e. The quantitative estimate of drug-likeness (QED) is 0.785. The van der Waals surface area contributed by atoms with Crippen LogP contribution in [0.2, 0.25) is 0 Å². The number of rotatable bonds is 1. The molecular weight excluding hydrogens is 321 g/mol. The Bertz CT molecular complexity index is 881. The van der Waals surface area contributed by atoms with Crippen LogP contribution in [0.4, 0.5) is 21.5 Å². The van der Waals surface area contributed by atoms with Crippen LogP contribution in [-0.2, 0) is 16.0 Å². The Morgan fingerprint density at radius 1 is 1.28 bits per heavy atom.